The van der Waals surface area contributed by atoms with Crippen LogP contribution in [0.2, 0.25) is 5.02 Å². The van der Waals surface area contributed by atoms with Crippen molar-refractivity contribution < 1.29 is 4.39 Å². The third kappa shape index (κ3) is 4.44. The fourth-order valence-corrected chi connectivity index (χ4v) is 3.04. The van der Waals surface area contributed by atoms with Gasteiger partial charge in [-0.2, -0.15) is 0 Å². The smallest absolute Gasteiger partial charge is 0.142 e. The van der Waals surface area contributed by atoms with E-state index in [1.54, 1.807) is 6.07 Å². The molecular formula is C16H24ClFN2. The molecule has 1 fully saturated rings. The van der Waals surface area contributed by atoms with Gasteiger partial charge in [-0.15, -0.1) is 0 Å². The number of rotatable bonds is 6. The highest BCUT2D eigenvalue weighted by molar-refractivity contribution is 6.31. The minimum atomic E-state index is -0.317. The van der Waals surface area contributed by atoms with Crippen molar-refractivity contribution in [3.63, 3.8) is 0 Å². The minimum absolute atomic E-state index is 0.277. The van der Waals surface area contributed by atoms with E-state index in [-0.39, 0.29) is 10.8 Å². The maximum atomic E-state index is 13.5. The van der Waals surface area contributed by atoms with Gasteiger partial charge < -0.3 is 5.32 Å². The zero-order valence-electron chi connectivity index (χ0n) is 12.2. The molecule has 1 aromatic rings. The van der Waals surface area contributed by atoms with Crippen LogP contribution in [-0.2, 0) is 6.54 Å². The summed E-state index contributed by atoms with van der Waals surface area (Å²) < 4.78 is 13.5. The summed E-state index contributed by atoms with van der Waals surface area (Å²) in [6.45, 7) is 7.26. The highest BCUT2D eigenvalue weighted by Gasteiger charge is 2.20. The van der Waals surface area contributed by atoms with Gasteiger partial charge in [0.05, 0.1) is 5.02 Å². The Hall–Kier alpha value is -0.640. The molecule has 0 saturated carbocycles. The van der Waals surface area contributed by atoms with Gasteiger partial charge in [0, 0.05) is 13.1 Å². The Kier molecular flexibility index (Phi) is 6.27. The van der Waals surface area contributed by atoms with Crippen molar-refractivity contribution in [1.29, 1.82) is 0 Å². The Labute approximate surface area is 126 Å². The van der Waals surface area contributed by atoms with Crippen molar-refractivity contribution in [3.05, 3.63) is 34.6 Å². The summed E-state index contributed by atoms with van der Waals surface area (Å²) in [5.41, 5.74) is 0.897. The molecule has 1 aliphatic rings. The summed E-state index contributed by atoms with van der Waals surface area (Å²) in [5.74, 6) is 0.380. The number of halogens is 2. The SMILES string of the molecule is CCCNCC1CCCN(Cc2cccc(F)c2Cl)C1. The summed E-state index contributed by atoms with van der Waals surface area (Å²) in [7, 11) is 0. The fraction of sp³-hybridized carbons (Fsp3) is 0.625. The highest BCUT2D eigenvalue weighted by atomic mass is 35.5. The number of piperidine rings is 1. The first-order chi connectivity index (χ1) is 9.70. The molecule has 0 aromatic heterocycles. The molecule has 0 bridgehead atoms. The molecule has 1 saturated heterocycles. The lowest BCUT2D eigenvalue weighted by molar-refractivity contribution is 0.165. The number of likely N-dealkylation sites (tertiary alicyclic amines) is 1. The lowest BCUT2D eigenvalue weighted by Gasteiger charge is -2.33. The van der Waals surface area contributed by atoms with Gasteiger partial charge >= 0.3 is 0 Å². The second-order valence-electron chi connectivity index (χ2n) is 5.66. The molecule has 1 heterocycles. The van der Waals surface area contributed by atoms with Gasteiger partial charge in [0.25, 0.3) is 0 Å². The Morgan fingerprint density at radius 3 is 3.10 bits per heavy atom. The topological polar surface area (TPSA) is 15.3 Å². The van der Waals surface area contributed by atoms with E-state index in [1.807, 2.05) is 6.07 Å². The standard InChI is InChI=1S/C16H24ClFN2/c1-2-8-19-10-13-5-4-9-20(11-13)12-14-6-3-7-15(18)16(14)17/h3,6-7,13,19H,2,4-5,8-12H2,1H3. The molecule has 0 radical (unpaired) electrons. The van der Waals surface area contributed by atoms with E-state index in [1.165, 1.54) is 25.3 Å². The number of hydrogen-bond acceptors (Lipinski definition) is 2. The predicted molar refractivity (Wildman–Crippen MR) is 82.6 cm³/mol. The maximum Gasteiger partial charge on any atom is 0.142 e. The van der Waals surface area contributed by atoms with Gasteiger partial charge in [-0.3, -0.25) is 4.90 Å². The average molecular weight is 299 g/mol. The van der Waals surface area contributed by atoms with E-state index < -0.39 is 0 Å². The molecule has 0 spiro atoms. The van der Waals surface area contributed by atoms with Gasteiger partial charge in [0.15, 0.2) is 0 Å². The molecule has 2 nitrogen and oxygen atoms in total. The third-order valence-electron chi connectivity index (χ3n) is 3.89. The van der Waals surface area contributed by atoms with E-state index in [2.05, 4.69) is 17.1 Å². The van der Waals surface area contributed by atoms with Crippen LogP contribution in [0.3, 0.4) is 0 Å². The Morgan fingerprint density at radius 2 is 2.30 bits per heavy atom. The fourth-order valence-electron chi connectivity index (χ4n) is 2.86. The monoisotopic (exact) mass is 298 g/mol. The molecule has 0 aliphatic carbocycles. The Balaban J connectivity index is 1.87. The van der Waals surface area contributed by atoms with E-state index in [0.717, 1.165) is 38.3 Å². The van der Waals surface area contributed by atoms with Crippen LogP contribution in [0.4, 0.5) is 4.39 Å². The first kappa shape index (κ1) is 15.7. The largest absolute Gasteiger partial charge is 0.316 e. The summed E-state index contributed by atoms with van der Waals surface area (Å²) in [6.07, 6.45) is 3.67. The molecule has 20 heavy (non-hydrogen) atoms. The van der Waals surface area contributed by atoms with Gasteiger partial charge in [0.1, 0.15) is 5.82 Å². The first-order valence-corrected chi connectivity index (χ1v) is 7.94. The van der Waals surface area contributed by atoms with Crippen LogP contribution in [0.25, 0.3) is 0 Å². The maximum absolute atomic E-state index is 13.5. The molecule has 2 rings (SSSR count). The minimum Gasteiger partial charge on any atom is -0.316 e. The van der Waals surface area contributed by atoms with Crippen LogP contribution >= 0.6 is 11.6 Å². The van der Waals surface area contributed by atoms with Crippen LogP contribution < -0.4 is 5.32 Å². The van der Waals surface area contributed by atoms with Gasteiger partial charge in [0.2, 0.25) is 0 Å². The lowest BCUT2D eigenvalue weighted by Crippen LogP contribution is -2.39. The summed E-state index contributed by atoms with van der Waals surface area (Å²) in [5, 5.41) is 3.77. The van der Waals surface area contributed by atoms with Crippen molar-refractivity contribution in [1.82, 2.24) is 10.2 Å². The third-order valence-corrected chi connectivity index (χ3v) is 4.31. The zero-order valence-corrected chi connectivity index (χ0v) is 12.9. The van der Waals surface area contributed by atoms with Crippen molar-refractivity contribution in [3.8, 4) is 0 Å². The molecule has 0 amide bonds. The van der Waals surface area contributed by atoms with E-state index in [0.29, 0.717) is 5.92 Å². The second-order valence-corrected chi connectivity index (χ2v) is 6.04. The van der Waals surface area contributed by atoms with Crippen molar-refractivity contribution in [2.75, 3.05) is 26.2 Å². The van der Waals surface area contributed by atoms with Crippen LogP contribution in [0, 0.1) is 11.7 Å². The van der Waals surface area contributed by atoms with E-state index in [4.69, 9.17) is 11.6 Å². The van der Waals surface area contributed by atoms with E-state index in [9.17, 15) is 4.39 Å². The van der Waals surface area contributed by atoms with Crippen LogP contribution in [0.5, 0.6) is 0 Å². The quantitative estimate of drug-likeness (QED) is 0.806. The van der Waals surface area contributed by atoms with Gasteiger partial charge in [-0.05, 0) is 56.4 Å². The molecule has 1 unspecified atom stereocenters. The Bertz CT molecular complexity index is 425. The molecule has 1 aliphatic heterocycles. The molecule has 1 aromatic carbocycles. The van der Waals surface area contributed by atoms with Crippen molar-refractivity contribution in [2.24, 2.45) is 5.92 Å². The van der Waals surface area contributed by atoms with Gasteiger partial charge in [-0.25, -0.2) is 4.39 Å². The number of benzene rings is 1. The van der Waals surface area contributed by atoms with Crippen LogP contribution in [0.15, 0.2) is 18.2 Å². The molecule has 1 atom stereocenters. The second kappa shape index (κ2) is 7.96. The molecule has 4 heteroatoms. The Morgan fingerprint density at radius 1 is 1.45 bits per heavy atom. The zero-order chi connectivity index (χ0) is 14.4. The van der Waals surface area contributed by atoms with Crippen LogP contribution in [0.1, 0.15) is 31.7 Å². The highest BCUT2D eigenvalue weighted by Crippen LogP contribution is 2.24. The first-order valence-electron chi connectivity index (χ1n) is 7.56. The number of nitrogens with one attached hydrogen (secondary N) is 1. The molecular weight excluding hydrogens is 275 g/mol. The number of hydrogen-bond donors (Lipinski definition) is 1. The van der Waals surface area contributed by atoms with Crippen molar-refractivity contribution in [2.45, 2.75) is 32.7 Å². The lowest BCUT2D eigenvalue weighted by atomic mass is 9.97. The summed E-state index contributed by atoms with van der Waals surface area (Å²) in [4.78, 5) is 2.39. The van der Waals surface area contributed by atoms with Crippen molar-refractivity contribution >= 4 is 11.6 Å². The summed E-state index contributed by atoms with van der Waals surface area (Å²) >= 11 is 6.04. The van der Waals surface area contributed by atoms with Gasteiger partial charge in [-0.1, -0.05) is 30.7 Å². The van der Waals surface area contributed by atoms with Crippen LogP contribution in [-0.4, -0.2) is 31.1 Å². The van der Waals surface area contributed by atoms with E-state index >= 15 is 0 Å². The average Bonchev–Trinajstić information content (AvgIpc) is 2.45. The molecule has 1 N–H and O–H groups in total. The normalized spacial score (nSPS) is 20.2. The summed E-state index contributed by atoms with van der Waals surface area (Å²) in [6, 6.07) is 5.07. The molecule has 112 valence electrons. The number of nitrogens with zero attached hydrogens (tertiary/aromatic N) is 1. The predicted octanol–water partition coefficient (Wildman–Crippen LogP) is 3.69.